The Kier molecular flexibility index (Phi) is 5.37. The number of nitrogens with zero attached hydrogens (tertiary/aromatic N) is 2. The molecule has 2 heterocycles. The molecular formula is C25H20N2O4. The van der Waals surface area contributed by atoms with E-state index in [0.29, 0.717) is 11.3 Å². The molecule has 0 amide bonds. The Morgan fingerprint density at radius 3 is 2.48 bits per heavy atom. The Balaban J connectivity index is 1.78. The highest BCUT2D eigenvalue weighted by molar-refractivity contribution is 6.08. The fraction of sp³-hybridized carbons (Fsp3) is 0.0800. The molecule has 0 fully saturated rings. The first-order valence-electron chi connectivity index (χ1n) is 9.71. The average Bonchev–Trinajstić information content (AvgIpc) is 3.16. The minimum atomic E-state index is -0.869. The number of hydrogen-bond donors (Lipinski definition) is 1. The van der Waals surface area contributed by atoms with Gasteiger partial charge < -0.3 is 9.52 Å². The number of benzene rings is 2. The predicted octanol–water partition coefficient (Wildman–Crippen LogP) is 4.71. The lowest BCUT2D eigenvalue weighted by atomic mass is 10.1. The molecule has 31 heavy (non-hydrogen) atoms. The van der Waals surface area contributed by atoms with Crippen LogP contribution in [0.3, 0.4) is 0 Å². The fourth-order valence-corrected chi connectivity index (χ4v) is 3.35. The van der Waals surface area contributed by atoms with E-state index < -0.39 is 22.7 Å². The molecule has 0 atom stereocenters. The monoisotopic (exact) mass is 412 g/mol. The van der Waals surface area contributed by atoms with E-state index in [2.05, 4.69) is 0 Å². The number of para-hydroxylation sites is 1. The molecule has 4 aromatic rings. The summed E-state index contributed by atoms with van der Waals surface area (Å²) >= 11 is 0. The Hall–Kier alpha value is -4.19. The van der Waals surface area contributed by atoms with Gasteiger partial charge in [0, 0.05) is 23.4 Å². The minimum Gasteiger partial charge on any atom is -0.507 e. The lowest BCUT2D eigenvalue weighted by Crippen LogP contribution is -2.12. The van der Waals surface area contributed by atoms with Gasteiger partial charge in [-0.15, -0.1) is 0 Å². The summed E-state index contributed by atoms with van der Waals surface area (Å²) in [6.45, 7) is 3.52. The van der Waals surface area contributed by atoms with Crippen LogP contribution < -0.4 is 5.63 Å². The summed E-state index contributed by atoms with van der Waals surface area (Å²) in [7, 11) is 0. The highest BCUT2D eigenvalue weighted by atomic mass is 16.4. The van der Waals surface area contributed by atoms with Gasteiger partial charge in [-0.3, -0.25) is 4.79 Å². The Morgan fingerprint density at radius 2 is 1.77 bits per heavy atom. The van der Waals surface area contributed by atoms with Crippen molar-refractivity contribution < 1.29 is 14.3 Å². The van der Waals surface area contributed by atoms with Crippen LogP contribution in [0.2, 0.25) is 0 Å². The van der Waals surface area contributed by atoms with Gasteiger partial charge in [0.15, 0.2) is 5.78 Å². The van der Waals surface area contributed by atoms with Crippen molar-refractivity contribution in [3.63, 3.8) is 0 Å². The van der Waals surface area contributed by atoms with Gasteiger partial charge in [-0.2, -0.15) is 5.10 Å². The summed E-state index contributed by atoms with van der Waals surface area (Å²) in [4.78, 5) is 24.6. The molecule has 4 rings (SSSR count). The van der Waals surface area contributed by atoms with Crippen LogP contribution in [-0.2, 0) is 0 Å². The number of rotatable bonds is 5. The molecule has 0 aliphatic rings. The second-order valence-corrected chi connectivity index (χ2v) is 7.13. The van der Waals surface area contributed by atoms with Crippen LogP contribution in [0.25, 0.3) is 23.0 Å². The first-order valence-corrected chi connectivity index (χ1v) is 9.71. The van der Waals surface area contributed by atoms with E-state index in [-0.39, 0.29) is 5.76 Å². The van der Waals surface area contributed by atoms with Crippen molar-refractivity contribution in [1.82, 2.24) is 9.78 Å². The van der Waals surface area contributed by atoms with E-state index in [0.717, 1.165) is 16.8 Å². The van der Waals surface area contributed by atoms with Crippen molar-refractivity contribution in [3.05, 3.63) is 106 Å². The molecule has 0 bridgehead atoms. The van der Waals surface area contributed by atoms with Gasteiger partial charge >= 0.3 is 5.63 Å². The van der Waals surface area contributed by atoms with Gasteiger partial charge in [-0.25, -0.2) is 9.48 Å². The lowest BCUT2D eigenvalue weighted by molar-refractivity contribution is 0.104. The van der Waals surface area contributed by atoms with E-state index >= 15 is 0 Å². The third-order valence-corrected chi connectivity index (χ3v) is 4.87. The second-order valence-electron chi connectivity index (χ2n) is 7.13. The van der Waals surface area contributed by atoms with Gasteiger partial charge in [0.2, 0.25) is 0 Å². The molecule has 6 heteroatoms. The van der Waals surface area contributed by atoms with Crippen molar-refractivity contribution >= 4 is 11.9 Å². The number of carbonyl (C=O) groups excluding carboxylic acids is 1. The van der Waals surface area contributed by atoms with Crippen molar-refractivity contribution in [2.75, 3.05) is 0 Å². The molecule has 2 aromatic heterocycles. The quantitative estimate of drug-likeness (QED) is 0.379. The Morgan fingerprint density at radius 1 is 1.06 bits per heavy atom. The zero-order valence-corrected chi connectivity index (χ0v) is 17.1. The highest BCUT2D eigenvalue weighted by Crippen LogP contribution is 2.26. The number of hydrogen-bond acceptors (Lipinski definition) is 5. The maximum atomic E-state index is 12.6. The van der Waals surface area contributed by atoms with Crippen molar-refractivity contribution in [2.45, 2.75) is 13.8 Å². The molecule has 154 valence electrons. The van der Waals surface area contributed by atoms with Crippen LogP contribution >= 0.6 is 0 Å². The van der Waals surface area contributed by atoms with Crippen LogP contribution in [0, 0.1) is 13.8 Å². The van der Waals surface area contributed by atoms with E-state index in [4.69, 9.17) is 9.52 Å². The lowest BCUT2D eigenvalue weighted by Gasteiger charge is -2.04. The molecule has 2 aromatic carbocycles. The summed E-state index contributed by atoms with van der Waals surface area (Å²) in [5.74, 6) is -0.815. The first-order chi connectivity index (χ1) is 14.9. The van der Waals surface area contributed by atoms with Crippen molar-refractivity contribution in [3.8, 4) is 22.7 Å². The molecular weight excluding hydrogens is 392 g/mol. The summed E-state index contributed by atoms with van der Waals surface area (Å²) in [5.41, 5.74) is 2.98. The summed E-state index contributed by atoms with van der Waals surface area (Å²) in [6.07, 6.45) is 4.66. The van der Waals surface area contributed by atoms with E-state index in [1.54, 1.807) is 10.8 Å². The van der Waals surface area contributed by atoms with Gasteiger partial charge in [-0.1, -0.05) is 48.5 Å². The molecule has 0 aliphatic heterocycles. The first kappa shape index (κ1) is 20.1. The van der Waals surface area contributed by atoms with Crippen molar-refractivity contribution in [2.24, 2.45) is 0 Å². The van der Waals surface area contributed by atoms with Crippen molar-refractivity contribution in [1.29, 1.82) is 0 Å². The van der Waals surface area contributed by atoms with E-state index in [1.807, 2.05) is 67.7 Å². The molecule has 0 unspecified atom stereocenters. The standard InChI is InChI=1S/C25H20N2O4/c1-16-8-6-7-11-20(16)27-15-19(24(26-27)18-9-4-3-5-10-18)12-13-21(28)23-22(29)14-17(2)31-25(23)30/h3-15,29H,1-2H3/b13-12+. The van der Waals surface area contributed by atoms with Gasteiger partial charge in [-0.05, 0) is 37.6 Å². The van der Waals surface area contributed by atoms with Crippen LogP contribution in [0.4, 0.5) is 0 Å². The molecule has 1 N–H and O–H groups in total. The number of allylic oxidation sites excluding steroid dienone is 1. The minimum absolute atomic E-state index is 0.230. The molecule has 0 saturated carbocycles. The zero-order chi connectivity index (χ0) is 22.0. The fourth-order valence-electron chi connectivity index (χ4n) is 3.35. The number of aromatic nitrogens is 2. The number of aromatic hydroxyl groups is 1. The molecule has 0 aliphatic carbocycles. The third kappa shape index (κ3) is 4.09. The smallest absolute Gasteiger partial charge is 0.351 e. The highest BCUT2D eigenvalue weighted by Gasteiger charge is 2.17. The predicted molar refractivity (Wildman–Crippen MR) is 118 cm³/mol. The number of aryl methyl sites for hydroxylation is 2. The van der Waals surface area contributed by atoms with Gasteiger partial charge in [0.1, 0.15) is 17.1 Å². The second kappa shape index (κ2) is 8.28. The summed E-state index contributed by atoms with van der Waals surface area (Å²) in [6, 6.07) is 18.7. The number of carbonyl (C=O) groups is 1. The maximum absolute atomic E-state index is 12.6. The van der Waals surface area contributed by atoms with Crippen LogP contribution in [0.5, 0.6) is 5.75 Å². The van der Waals surface area contributed by atoms with Crippen LogP contribution in [0.15, 0.2) is 82.1 Å². The van der Waals surface area contributed by atoms with Gasteiger partial charge in [0.05, 0.1) is 11.4 Å². The van der Waals surface area contributed by atoms with Gasteiger partial charge in [0.25, 0.3) is 0 Å². The zero-order valence-electron chi connectivity index (χ0n) is 17.1. The summed E-state index contributed by atoms with van der Waals surface area (Å²) < 4.78 is 6.71. The molecule has 6 nitrogen and oxygen atoms in total. The summed E-state index contributed by atoms with van der Waals surface area (Å²) in [5, 5.41) is 14.8. The van der Waals surface area contributed by atoms with E-state index in [9.17, 15) is 14.7 Å². The molecule has 0 saturated heterocycles. The van der Waals surface area contributed by atoms with E-state index in [1.165, 1.54) is 19.1 Å². The topological polar surface area (TPSA) is 85.3 Å². The van der Waals surface area contributed by atoms with Crippen LogP contribution in [0.1, 0.15) is 27.2 Å². The maximum Gasteiger partial charge on any atom is 0.351 e. The Labute approximate surface area is 178 Å². The van der Waals surface area contributed by atoms with Crippen LogP contribution in [-0.4, -0.2) is 20.7 Å². The number of ketones is 1. The molecule has 0 spiro atoms. The normalized spacial score (nSPS) is 11.2. The molecule has 0 radical (unpaired) electrons. The largest absolute Gasteiger partial charge is 0.507 e. The average molecular weight is 412 g/mol. The SMILES string of the molecule is Cc1cc(O)c(C(=O)/C=C/c2cn(-c3ccccc3C)nc2-c2ccccc2)c(=O)o1. The third-order valence-electron chi connectivity index (χ3n) is 4.87. The Bertz CT molecular complexity index is 1350.